The van der Waals surface area contributed by atoms with Crippen molar-refractivity contribution < 1.29 is 5.11 Å². The van der Waals surface area contributed by atoms with Crippen LogP contribution in [0.2, 0.25) is 0 Å². The number of aliphatic hydroxyl groups excluding tert-OH is 1. The molecule has 0 saturated carbocycles. The van der Waals surface area contributed by atoms with E-state index in [1.807, 2.05) is 12.1 Å². The molecule has 0 radical (unpaired) electrons. The quantitative estimate of drug-likeness (QED) is 0.591. The Kier molecular flexibility index (Phi) is 4.59. The van der Waals surface area contributed by atoms with Gasteiger partial charge in [-0.1, -0.05) is 0 Å². The number of aromatic nitrogens is 1. The fraction of sp³-hybridized carbons (Fsp3) is 0.300. The number of pyridine rings is 1. The number of nitrogens with two attached hydrogens (primary N) is 1. The predicted octanol–water partition coefficient (Wildman–Crippen LogP) is 0.882. The minimum absolute atomic E-state index is 0.0979. The summed E-state index contributed by atoms with van der Waals surface area (Å²) in [6.45, 7) is 0.0979. The van der Waals surface area contributed by atoms with Crippen LogP contribution in [-0.2, 0) is 0 Å². The van der Waals surface area contributed by atoms with E-state index in [9.17, 15) is 0 Å². The van der Waals surface area contributed by atoms with Gasteiger partial charge in [-0.25, -0.2) is 4.98 Å². The monoisotopic (exact) mass is 234 g/mol. The van der Waals surface area contributed by atoms with E-state index in [1.54, 1.807) is 0 Å². The minimum atomic E-state index is 0.0979. The lowest BCUT2D eigenvalue weighted by atomic mass is 10.2. The number of hydrogen-bond acceptors (Lipinski definition) is 6. The lowest BCUT2D eigenvalue weighted by Crippen LogP contribution is -1.99. The van der Waals surface area contributed by atoms with Crippen molar-refractivity contribution in [2.45, 2.75) is 11.4 Å². The maximum atomic E-state index is 8.88. The van der Waals surface area contributed by atoms with Crippen LogP contribution >= 0.6 is 11.8 Å². The molecule has 0 aliphatic carbocycles. The third kappa shape index (κ3) is 2.86. The first kappa shape index (κ1) is 12.3. The summed E-state index contributed by atoms with van der Waals surface area (Å²) in [6, 6.07) is 5.28. The van der Waals surface area contributed by atoms with E-state index in [-0.39, 0.29) is 18.0 Å². The Hall–Kier alpha value is -1.76. The number of aliphatic hydroxyl groups is 1. The fourth-order valence-corrected chi connectivity index (χ4v) is 1.91. The van der Waals surface area contributed by atoms with Gasteiger partial charge in [-0.2, -0.15) is 10.5 Å². The molecule has 0 amide bonds. The standard InChI is InChI=1S/C10H10N4OS/c11-5-7-4-8(6-12)10(14-9(7)13)16-3-1-2-15/h4,15H,1-3H2,(H2,13,14). The first-order chi connectivity index (χ1) is 7.72. The summed E-state index contributed by atoms with van der Waals surface area (Å²) in [5.41, 5.74) is 6.11. The predicted molar refractivity (Wildman–Crippen MR) is 60.5 cm³/mol. The molecule has 1 heterocycles. The van der Waals surface area contributed by atoms with Crippen molar-refractivity contribution in [1.82, 2.24) is 4.98 Å². The first-order valence-electron chi connectivity index (χ1n) is 4.57. The van der Waals surface area contributed by atoms with Gasteiger partial charge in [0.05, 0.1) is 11.1 Å². The van der Waals surface area contributed by atoms with Crippen LogP contribution in [0.4, 0.5) is 5.82 Å². The molecule has 1 aromatic heterocycles. The van der Waals surface area contributed by atoms with E-state index in [2.05, 4.69) is 4.98 Å². The van der Waals surface area contributed by atoms with Gasteiger partial charge >= 0.3 is 0 Å². The highest BCUT2D eigenvalue weighted by Gasteiger charge is 2.09. The molecule has 16 heavy (non-hydrogen) atoms. The maximum absolute atomic E-state index is 8.88. The summed E-state index contributed by atoms with van der Waals surface area (Å²) in [5.74, 6) is 0.789. The largest absolute Gasteiger partial charge is 0.396 e. The number of thioether (sulfide) groups is 1. The second-order valence-corrected chi connectivity index (χ2v) is 4.01. The van der Waals surface area contributed by atoms with Crippen molar-refractivity contribution in [2.75, 3.05) is 18.1 Å². The van der Waals surface area contributed by atoms with Crippen molar-refractivity contribution in [3.63, 3.8) is 0 Å². The van der Waals surface area contributed by atoms with Crippen molar-refractivity contribution in [3.8, 4) is 12.1 Å². The number of nitriles is 2. The van der Waals surface area contributed by atoms with E-state index < -0.39 is 0 Å². The second kappa shape index (κ2) is 5.96. The molecule has 0 fully saturated rings. The number of anilines is 1. The molecule has 6 heteroatoms. The van der Waals surface area contributed by atoms with Crippen LogP contribution in [0.15, 0.2) is 11.1 Å². The molecule has 82 valence electrons. The molecule has 0 aliphatic rings. The first-order valence-corrected chi connectivity index (χ1v) is 5.56. The topological polar surface area (TPSA) is 107 Å². The van der Waals surface area contributed by atoms with Crippen molar-refractivity contribution >= 4 is 17.6 Å². The van der Waals surface area contributed by atoms with Gasteiger partial charge in [-0.05, 0) is 12.5 Å². The Labute approximate surface area is 97.5 Å². The molecule has 5 nitrogen and oxygen atoms in total. The number of nitrogen functional groups attached to an aromatic ring is 1. The lowest BCUT2D eigenvalue weighted by molar-refractivity contribution is 0.296. The van der Waals surface area contributed by atoms with Crippen LogP contribution in [0.1, 0.15) is 17.5 Å². The molecule has 1 rings (SSSR count). The van der Waals surface area contributed by atoms with Gasteiger partial charge in [-0.15, -0.1) is 11.8 Å². The molecule has 0 unspecified atom stereocenters. The normalized spacial score (nSPS) is 9.44. The highest BCUT2D eigenvalue weighted by molar-refractivity contribution is 7.99. The van der Waals surface area contributed by atoms with Crippen LogP contribution in [0, 0.1) is 22.7 Å². The molecular formula is C10H10N4OS. The zero-order valence-corrected chi connectivity index (χ0v) is 9.29. The average molecular weight is 234 g/mol. The molecule has 0 spiro atoms. The molecule has 0 saturated heterocycles. The van der Waals surface area contributed by atoms with Crippen LogP contribution in [-0.4, -0.2) is 22.5 Å². The number of rotatable bonds is 4. The van der Waals surface area contributed by atoms with Gasteiger partial charge in [0, 0.05) is 12.4 Å². The smallest absolute Gasteiger partial charge is 0.142 e. The molecule has 0 bridgehead atoms. The summed E-state index contributed by atoms with van der Waals surface area (Å²) in [7, 11) is 0. The third-order valence-corrected chi connectivity index (χ3v) is 2.88. The van der Waals surface area contributed by atoms with Crippen LogP contribution in [0.5, 0.6) is 0 Å². The lowest BCUT2D eigenvalue weighted by Gasteiger charge is -2.04. The highest BCUT2D eigenvalue weighted by atomic mass is 32.2. The summed E-state index contributed by atoms with van der Waals surface area (Å²) in [4.78, 5) is 4.00. The van der Waals surface area contributed by atoms with Gasteiger partial charge in [-0.3, -0.25) is 0 Å². The van der Waals surface area contributed by atoms with Gasteiger partial charge < -0.3 is 10.8 Å². The molecule has 3 N–H and O–H groups in total. The molecule has 1 aromatic rings. The summed E-state index contributed by atoms with van der Waals surface area (Å²) >= 11 is 1.35. The summed E-state index contributed by atoms with van der Waals surface area (Å²) in [5, 5.41) is 26.8. The zero-order valence-electron chi connectivity index (χ0n) is 8.47. The second-order valence-electron chi connectivity index (χ2n) is 2.92. The molecule has 0 aromatic carbocycles. The maximum Gasteiger partial charge on any atom is 0.142 e. The molecule has 0 atom stereocenters. The van der Waals surface area contributed by atoms with Crippen molar-refractivity contribution in [2.24, 2.45) is 0 Å². The number of hydrogen-bond donors (Lipinski definition) is 2. The number of nitrogens with zero attached hydrogens (tertiary/aromatic N) is 3. The van der Waals surface area contributed by atoms with E-state index >= 15 is 0 Å². The van der Waals surface area contributed by atoms with Crippen LogP contribution < -0.4 is 5.73 Å². The summed E-state index contributed by atoms with van der Waals surface area (Å²) < 4.78 is 0. The van der Waals surface area contributed by atoms with Crippen molar-refractivity contribution in [1.29, 1.82) is 10.5 Å². The Balaban J connectivity index is 2.97. The zero-order chi connectivity index (χ0) is 12.0. The van der Waals surface area contributed by atoms with Crippen LogP contribution in [0.3, 0.4) is 0 Å². The van der Waals surface area contributed by atoms with E-state index in [4.69, 9.17) is 21.4 Å². The fourth-order valence-electron chi connectivity index (χ4n) is 1.02. The van der Waals surface area contributed by atoms with Crippen molar-refractivity contribution in [3.05, 3.63) is 17.2 Å². The Morgan fingerprint density at radius 3 is 2.62 bits per heavy atom. The molecular weight excluding hydrogens is 224 g/mol. The Bertz CT molecular complexity index is 461. The van der Waals surface area contributed by atoms with Gasteiger partial charge in [0.2, 0.25) is 0 Å². The van der Waals surface area contributed by atoms with Gasteiger partial charge in [0.15, 0.2) is 0 Å². The van der Waals surface area contributed by atoms with Crippen LogP contribution in [0.25, 0.3) is 0 Å². The average Bonchev–Trinajstić information content (AvgIpc) is 2.30. The molecule has 0 aliphatic heterocycles. The van der Waals surface area contributed by atoms with E-state index in [0.29, 0.717) is 22.8 Å². The van der Waals surface area contributed by atoms with Gasteiger partial charge in [0.1, 0.15) is 23.0 Å². The minimum Gasteiger partial charge on any atom is -0.396 e. The SMILES string of the molecule is N#Cc1cc(C#N)c(SCCCO)nc1N. The van der Waals surface area contributed by atoms with E-state index in [0.717, 1.165) is 0 Å². The Morgan fingerprint density at radius 1 is 1.38 bits per heavy atom. The van der Waals surface area contributed by atoms with E-state index in [1.165, 1.54) is 17.8 Å². The summed E-state index contributed by atoms with van der Waals surface area (Å²) in [6.07, 6.45) is 0.622. The highest BCUT2D eigenvalue weighted by Crippen LogP contribution is 2.24. The Morgan fingerprint density at radius 2 is 2.06 bits per heavy atom. The van der Waals surface area contributed by atoms with Gasteiger partial charge in [0.25, 0.3) is 0 Å². The third-order valence-electron chi connectivity index (χ3n) is 1.80.